The molecule has 1 aromatic heterocycles. The first kappa shape index (κ1) is 23.7. The molecule has 1 aliphatic rings. The van der Waals surface area contributed by atoms with Gasteiger partial charge in [-0.05, 0) is 42.3 Å². The Morgan fingerprint density at radius 2 is 1.88 bits per heavy atom. The molecule has 2 heterocycles. The van der Waals surface area contributed by atoms with Crippen LogP contribution in [0.25, 0.3) is 0 Å². The highest BCUT2D eigenvalue weighted by molar-refractivity contribution is 7.92. The Morgan fingerprint density at radius 3 is 2.59 bits per heavy atom. The maximum atomic E-state index is 12.9. The van der Waals surface area contributed by atoms with Crippen molar-refractivity contribution in [2.45, 2.75) is 43.4 Å². The number of carbonyl (C=O) groups is 1. The lowest BCUT2D eigenvalue weighted by Gasteiger charge is -2.17. The van der Waals surface area contributed by atoms with E-state index in [2.05, 4.69) is 14.9 Å². The molecule has 12 heteroatoms. The number of rotatable bonds is 7. The normalized spacial score (nSPS) is 13.5. The second kappa shape index (κ2) is 9.09. The molecule has 0 spiro atoms. The predicted molar refractivity (Wildman–Crippen MR) is 117 cm³/mol. The van der Waals surface area contributed by atoms with Crippen molar-refractivity contribution in [2.75, 3.05) is 11.8 Å². The van der Waals surface area contributed by atoms with Crippen LogP contribution in [-0.4, -0.2) is 41.0 Å². The van der Waals surface area contributed by atoms with Gasteiger partial charge < -0.3 is 9.47 Å². The van der Waals surface area contributed by atoms with E-state index < -0.39 is 26.7 Å². The summed E-state index contributed by atoms with van der Waals surface area (Å²) in [4.78, 5) is 13.7. The van der Waals surface area contributed by atoms with E-state index in [1.54, 1.807) is 24.1 Å². The van der Waals surface area contributed by atoms with Crippen molar-refractivity contribution in [3.05, 3.63) is 71.3 Å². The van der Waals surface area contributed by atoms with Gasteiger partial charge in [-0.15, -0.1) is 10.2 Å². The summed E-state index contributed by atoms with van der Waals surface area (Å²) in [6.45, 7) is 1.18. The number of sulfonamides is 1. The van der Waals surface area contributed by atoms with Gasteiger partial charge in [0.05, 0.1) is 23.4 Å². The van der Waals surface area contributed by atoms with Gasteiger partial charge in [-0.1, -0.05) is 18.2 Å². The smallest absolute Gasteiger partial charge is 0.338 e. The summed E-state index contributed by atoms with van der Waals surface area (Å²) in [6.07, 6.45) is -2.66. The summed E-state index contributed by atoms with van der Waals surface area (Å²) in [5.74, 6) is 1.52. The molecule has 8 nitrogen and oxygen atoms in total. The van der Waals surface area contributed by atoms with E-state index in [1.165, 1.54) is 12.1 Å². The highest BCUT2D eigenvalue weighted by Gasteiger charge is 2.31. The fraction of sp³-hybridized carbons (Fsp3) is 0.318. The molecule has 0 unspecified atom stereocenters. The zero-order chi connectivity index (χ0) is 24.5. The lowest BCUT2D eigenvalue weighted by Crippen LogP contribution is -2.29. The van der Waals surface area contributed by atoms with E-state index in [0.29, 0.717) is 18.2 Å². The molecule has 0 radical (unpaired) electrons. The average molecular weight is 494 g/mol. The van der Waals surface area contributed by atoms with Gasteiger partial charge in [-0.3, -0.25) is 9.52 Å². The van der Waals surface area contributed by atoms with Crippen molar-refractivity contribution in [2.24, 2.45) is 0 Å². The molecule has 180 valence electrons. The van der Waals surface area contributed by atoms with Gasteiger partial charge in [0.2, 0.25) is 5.91 Å². The molecular formula is C22H22F3N5O3S. The first-order valence-corrected chi connectivity index (χ1v) is 12.0. The largest absolute Gasteiger partial charge is 0.416 e. The van der Waals surface area contributed by atoms with Crippen LogP contribution in [0.2, 0.25) is 0 Å². The summed E-state index contributed by atoms with van der Waals surface area (Å²) in [5.41, 5.74) is -0.226. The molecule has 0 aliphatic carbocycles. The Morgan fingerprint density at radius 1 is 1.15 bits per heavy atom. The Hall–Kier alpha value is -3.41. The third-order valence-corrected chi connectivity index (χ3v) is 6.90. The number of nitrogens with one attached hydrogen (secondary N) is 1. The third-order valence-electron chi connectivity index (χ3n) is 5.52. The second-order valence-corrected chi connectivity index (χ2v) is 9.72. The van der Waals surface area contributed by atoms with Crippen molar-refractivity contribution < 1.29 is 26.4 Å². The van der Waals surface area contributed by atoms with Crippen LogP contribution in [0.3, 0.4) is 0 Å². The van der Waals surface area contributed by atoms with Crippen LogP contribution in [0.15, 0.2) is 53.4 Å². The molecule has 2 aromatic carbocycles. The quantitative estimate of drug-likeness (QED) is 0.545. The maximum Gasteiger partial charge on any atom is 0.416 e. The number of likely N-dealkylation sites (N-methyl/N-ethyl adjacent to an activating group) is 1. The van der Waals surface area contributed by atoms with Gasteiger partial charge in [0, 0.05) is 25.7 Å². The van der Waals surface area contributed by atoms with E-state index in [-0.39, 0.29) is 18.0 Å². The van der Waals surface area contributed by atoms with E-state index in [4.69, 9.17) is 0 Å². The number of aromatic nitrogens is 3. The number of nitrogens with zero attached hydrogens (tertiary/aromatic N) is 4. The molecule has 4 rings (SSSR count). The Bertz CT molecular complexity index is 1300. The van der Waals surface area contributed by atoms with Crippen LogP contribution in [0.5, 0.6) is 0 Å². The van der Waals surface area contributed by atoms with Gasteiger partial charge in [-0.25, -0.2) is 8.42 Å². The molecule has 3 aromatic rings. The minimum absolute atomic E-state index is 0.0954. The topological polar surface area (TPSA) is 97.2 Å². The molecule has 1 amide bonds. The number of carbonyl (C=O) groups excluding carboxylic acids is 1. The van der Waals surface area contributed by atoms with Crippen molar-refractivity contribution in [3.63, 3.8) is 0 Å². The minimum Gasteiger partial charge on any atom is -0.338 e. The lowest BCUT2D eigenvalue weighted by molar-refractivity contribution is -0.137. The van der Waals surface area contributed by atoms with Gasteiger partial charge in [0.15, 0.2) is 5.82 Å². The molecule has 1 aliphatic heterocycles. The third kappa shape index (κ3) is 5.22. The second-order valence-electron chi connectivity index (χ2n) is 8.04. The zero-order valence-electron chi connectivity index (χ0n) is 18.2. The number of halogens is 3. The maximum absolute atomic E-state index is 12.9. The number of benzene rings is 2. The first-order valence-electron chi connectivity index (χ1n) is 10.5. The van der Waals surface area contributed by atoms with E-state index in [9.17, 15) is 26.4 Å². The highest BCUT2D eigenvalue weighted by atomic mass is 32.2. The monoisotopic (exact) mass is 493 g/mol. The Balaban J connectivity index is 1.38. The number of hydrogen-bond donors (Lipinski definition) is 1. The SMILES string of the molecule is CN(Cc1nnc2n1CCC2)C(=O)Cc1ccc(NS(=O)(=O)c2cccc(C(F)(F)F)c2)cc1. The molecule has 34 heavy (non-hydrogen) atoms. The van der Waals surface area contributed by atoms with Crippen LogP contribution in [0.1, 0.15) is 29.2 Å². The molecule has 1 N–H and O–H groups in total. The van der Waals surface area contributed by atoms with Gasteiger partial charge in [0.25, 0.3) is 10.0 Å². The summed E-state index contributed by atoms with van der Waals surface area (Å²) >= 11 is 0. The van der Waals surface area contributed by atoms with Crippen LogP contribution in [-0.2, 0) is 46.9 Å². The number of aryl methyl sites for hydroxylation is 1. The molecule has 0 fully saturated rings. The van der Waals surface area contributed by atoms with Crippen LogP contribution < -0.4 is 4.72 Å². The Labute approximate surface area is 194 Å². The number of anilines is 1. The van der Waals surface area contributed by atoms with Gasteiger partial charge in [-0.2, -0.15) is 13.2 Å². The number of hydrogen-bond acceptors (Lipinski definition) is 5. The first-order chi connectivity index (χ1) is 16.0. The van der Waals surface area contributed by atoms with Crippen LogP contribution in [0, 0.1) is 0 Å². The van der Waals surface area contributed by atoms with E-state index >= 15 is 0 Å². The van der Waals surface area contributed by atoms with E-state index in [0.717, 1.165) is 49.2 Å². The predicted octanol–water partition coefficient (Wildman–Crippen LogP) is 3.25. The van der Waals surface area contributed by atoms with Crippen molar-refractivity contribution in [1.82, 2.24) is 19.7 Å². The summed E-state index contributed by atoms with van der Waals surface area (Å²) in [7, 11) is -2.54. The summed E-state index contributed by atoms with van der Waals surface area (Å²) in [6, 6.07) is 9.60. The minimum atomic E-state index is -4.65. The lowest BCUT2D eigenvalue weighted by atomic mass is 10.1. The average Bonchev–Trinajstić information content (AvgIpc) is 3.39. The van der Waals surface area contributed by atoms with Crippen LogP contribution >= 0.6 is 0 Å². The highest BCUT2D eigenvalue weighted by Crippen LogP contribution is 2.31. The molecule has 0 atom stereocenters. The van der Waals surface area contributed by atoms with Crippen molar-refractivity contribution in [1.29, 1.82) is 0 Å². The fourth-order valence-corrected chi connectivity index (χ4v) is 4.79. The zero-order valence-corrected chi connectivity index (χ0v) is 19.0. The number of fused-ring (bicyclic) bond motifs is 1. The molecule has 0 saturated carbocycles. The fourth-order valence-electron chi connectivity index (χ4n) is 3.68. The Kier molecular flexibility index (Phi) is 6.34. The number of amides is 1. The molecule has 0 saturated heterocycles. The summed E-state index contributed by atoms with van der Waals surface area (Å²) < 4.78 is 68.0. The van der Waals surface area contributed by atoms with Gasteiger partial charge >= 0.3 is 6.18 Å². The van der Waals surface area contributed by atoms with Gasteiger partial charge in [0.1, 0.15) is 5.82 Å². The van der Waals surface area contributed by atoms with Crippen molar-refractivity contribution >= 4 is 21.6 Å². The number of alkyl halides is 3. The van der Waals surface area contributed by atoms with Crippen LogP contribution in [0.4, 0.5) is 18.9 Å². The van der Waals surface area contributed by atoms with E-state index in [1.807, 2.05) is 4.57 Å². The van der Waals surface area contributed by atoms with Crippen molar-refractivity contribution in [3.8, 4) is 0 Å². The molecule has 0 bridgehead atoms. The standard InChI is InChI=1S/C22H22F3N5O3S/c1-29(14-20-27-26-19-6-3-11-30(19)20)21(31)12-15-7-9-17(10-8-15)28-34(32,33)18-5-2-4-16(13-18)22(23,24)25/h2,4-5,7-10,13,28H,3,6,11-12,14H2,1H3. The summed E-state index contributed by atoms with van der Waals surface area (Å²) in [5, 5.41) is 8.28. The molecular weight excluding hydrogens is 471 g/mol.